The zero-order valence-corrected chi connectivity index (χ0v) is 12.8. The summed E-state index contributed by atoms with van der Waals surface area (Å²) < 4.78 is 6.05. The van der Waals surface area contributed by atoms with Gasteiger partial charge in [0.1, 0.15) is 11.2 Å². The van der Waals surface area contributed by atoms with Gasteiger partial charge < -0.3 is 4.42 Å². The SMILES string of the molecule is CCc1cc2ccc(Cl)cc2c2c(=O)c3ccccc3oc12. The van der Waals surface area contributed by atoms with Gasteiger partial charge in [-0.3, -0.25) is 4.79 Å². The standard InChI is InChI=1S/C19H13ClO2/c1-2-11-9-12-7-8-13(20)10-15(12)17-18(21)14-5-3-4-6-16(14)22-19(11)17/h3-10H,2H2,1H3. The van der Waals surface area contributed by atoms with Crippen molar-refractivity contribution < 1.29 is 4.42 Å². The van der Waals surface area contributed by atoms with Crippen LogP contribution in [-0.2, 0) is 6.42 Å². The fraction of sp³-hybridized carbons (Fsp3) is 0.105. The van der Waals surface area contributed by atoms with Crippen LogP contribution in [0.25, 0.3) is 32.7 Å². The van der Waals surface area contributed by atoms with Crippen LogP contribution in [-0.4, -0.2) is 0 Å². The van der Waals surface area contributed by atoms with Crippen LogP contribution in [0.1, 0.15) is 12.5 Å². The van der Waals surface area contributed by atoms with Crippen molar-refractivity contribution in [2.45, 2.75) is 13.3 Å². The van der Waals surface area contributed by atoms with Gasteiger partial charge in [-0.2, -0.15) is 0 Å². The van der Waals surface area contributed by atoms with E-state index in [2.05, 4.69) is 13.0 Å². The lowest BCUT2D eigenvalue weighted by atomic mass is 9.99. The minimum atomic E-state index is -0.000540. The summed E-state index contributed by atoms with van der Waals surface area (Å²) in [6.07, 6.45) is 0.802. The largest absolute Gasteiger partial charge is 0.456 e. The highest BCUT2D eigenvalue weighted by atomic mass is 35.5. The van der Waals surface area contributed by atoms with E-state index in [1.54, 1.807) is 6.07 Å². The van der Waals surface area contributed by atoms with Crippen LogP contribution in [0.5, 0.6) is 0 Å². The molecule has 108 valence electrons. The number of hydrogen-bond donors (Lipinski definition) is 0. The van der Waals surface area contributed by atoms with Crippen molar-refractivity contribution in [3.63, 3.8) is 0 Å². The van der Waals surface area contributed by atoms with Gasteiger partial charge in [0, 0.05) is 5.02 Å². The van der Waals surface area contributed by atoms with Gasteiger partial charge in [0.2, 0.25) is 5.43 Å². The maximum Gasteiger partial charge on any atom is 0.201 e. The second-order valence-corrected chi connectivity index (χ2v) is 5.82. The van der Waals surface area contributed by atoms with Crippen molar-refractivity contribution in [2.24, 2.45) is 0 Å². The van der Waals surface area contributed by atoms with Gasteiger partial charge in [-0.25, -0.2) is 0 Å². The molecule has 2 nitrogen and oxygen atoms in total. The van der Waals surface area contributed by atoms with E-state index in [9.17, 15) is 4.79 Å². The van der Waals surface area contributed by atoms with Gasteiger partial charge in [-0.15, -0.1) is 0 Å². The van der Waals surface area contributed by atoms with Crippen LogP contribution in [0.3, 0.4) is 0 Å². The van der Waals surface area contributed by atoms with E-state index in [4.69, 9.17) is 16.0 Å². The zero-order chi connectivity index (χ0) is 15.3. The number of halogens is 1. The van der Waals surface area contributed by atoms with E-state index in [0.29, 0.717) is 27.0 Å². The Morgan fingerprint density at radius 2 is 1.86 bits per heavy atom. The molecule has 0 amide bonds. The Labute approximate surface area is 131 Å². The molecule has 0 saturated carbocycles. The number of aryl methyl sites for hydroxylation is 1. The maximum absolute atomic E-state index is 13.0. The summed E-state index contributed by atoms with van der Waals surface area (Å²) in [5.41, 5.74) is 2.32. The first-order valence-electron chi connectivity index (χ1n) is 7.25. The average Bonchev–Trinajstić information content (AvgIpc) is 2.54. The fourth-order valence-corrected chi connectivity index (χ4v) is 3.17. The predicted molar refractivity (Wildman–Crippen MR) is 91.9 cm³/mol. The van der Waals surface area contributed by atoms with Gasteiger partial charge in [-0.05, 0) is 53.1 Å². The van der Waals surface area contributed by atoms with Gasteiger partial charge in [-0.1, -0.05) is 36.7 Å². The van der Waals surface area contributed by atoms with Gasteiger partial charge in [0.15, 0.2) is 0 Å². The summed E-state index contributed by atoms with van der Waals surface area (Å²) in [4.78, 5) is 13.0. The smallest absolute Gasteiger partial charge is 0.201 e. The lowest BCUT2D eigenvalue weighted by Gasteiger charge is -2.09. The first-order chi connectivity index (χ1) is 10.7. The summed E-state index contributed by atoms with van der Waals surface area (Å²) in [6, 6.07) is 15.1. The van der Waals surface area contributed by atoms with Crippen LogP contribution in [0.15, 0.2) is 57.7 Å². The second kappa shape index (κ2) is 4.85. The summed E-state index contributed by atoms with van der Waals surface area (Å²) in [5.74, 6) is 0. The molecule has 0 aliphatic rings. The molecule has 0 radical (unpaired) electrons. The number of rotatable bonds is 1. The Morgan fingerprint density at radius 1 is 1.05 bits per heavy atom. The number of para-hydroxylation sites is 1. The lowest BCUT2D eigenvalue weighted by Crippen LogP contribution is -2.04. The van der Waals surface area contributed by atoms with E-state index in [-0.39, 0.29) is 5.43 Å². The zero-order valence-electron chi connectivity index (χ0n) is 12.0. The van der Waals surface area contributed by atoms with Crippen molar-refractivity contribution in [2.75, 3.05) is 0 Å². The molecule has 0 bridgehead atoms. The van der Waals surface area contributed by atoms with Crippen LogP contribution < -0.4 is 5.43 Å². The molecule has 4 aromatic rings. The Hall–Kier alpha value is -2.32. The molecule has 0 saturated heterocycles. The molecule has 1 aromatic heterocycles. The van der Waals surface area contributed by atoms with Crippen molar-refractivity contribution in [3.05, 3.63) is 69.3 Å². The minimum Gasteiger partial charge on any atom is -0.456 e. The van der Waals surface area contributed by atoms with E-state index < -0.39 is 0 Å². The Kier molecular flexibility index (Phi) is 2.95. The quantitative estimate of drug-likeness (QED) is 0.352. The van der Waals surface area contributed by atoms with Crippen molar-refractivity contribution in [1.29, 1.82) is 0 Å². The maximum atomic E-state index is 13.0. The van der Waals surface area contributed by atoms with Gasteiger partial charge >= 0.3 is 0 Å². The molecular formula is C19H13ClO2. The molecular weight excluding hydrogens is 296 g/mol. The van der Waals surface area contributed by atoms with Crippen molar-refractivity contribution >= 4 is 44.3 Å². The third kappa shape index (κ3) is 1.84. The highest BCUT2D eigenvalue weighted by Gasteiger charge is 2.14. The topological polar surface area (TPSA) is 30.2 Å². The summed E-state index contributed by atoms with van der Waals surface area (Å²) in [6.45, 7) is 2.06. The molecule has 0 atom stereocenters. The number of fused-ring (bicyclic) bond motifs is 4. The Balaban J connectivity index is 2.37. The molecule has 0 aliphatic heterocycles. The van der Waals surface area contributed by atoms with E-state index in [1.807, 2.05) is 36.4 Å². The summed E-state index contributed by atoms with van der Waals surface area (Å²) in [7, 11) is 0. The van der Waals surface area contributed by atoms with Crippen LogP contribution >= 0.6 is 11.6 Å². The second-order valence-electron chi connectivity index (χ2n) is 5.39. The molecule has 0 N–H and O–H groups in total. The normalized spacial score (nSPS) is 11.5. The van der Waals surface area contributed by atoms with Crippen molar-refractivity contribution in [3.8, 4) is 0 Å². The molecule has 22 heavy (non-hydrogen) atoms. The third-order valence-corrected chi connectivity index (χ3v) is 4.32. The monoisotopic (exact) mass is 308 g/mol. The molecule has 0 aliphatic carbocycles. The van der Waals surface area contributed by atoms with Crippen LogP contribution in [0.4, 0.5) is 0 Å². The van der Waals surface area contributed by atoms with Gasteiger partial charge in [0.05, 0.1) is 10.8 Å². The highest BCUT2D eigenvalue weighted by molar-refractivity contribution is 6.31. The van der Waals surface area contributed by atoms with Crippen molar-refractivity contribution in [1.82, 2.24) is 0 Å². The molecule has 3 aromatic carbocycles. The van der Waals surface area contributed by atoms with E-state index in [0.717, 1.165) is 22.8 Å². The fourth-order valence-electron chi connectivity index (χ4n) is 3.00. The minimum absolute atomic E-state index is 0.000540. The van der Waals surface area contributed by atoms with E-state index in [1.165, 1.54) is 0 Å². The molecule has 3 heteroatoms. The first kappa shape index (κ1) is 13.4. The summed E-state index contributed by atoms with van der Waals surface area (Å²) >= 11 is 6.13. The highest BCUT2D eigenvalue weighted by Crippen LogP contribution is 2.31. The van der Waals surface area contributed by atoms with Crippen LogP contribution in [0.2, 0.25) is 5.02 Å². The number of benzene rings is 3. The molecule has 0 unspecified atom stereocenters. The predicted octanol–water partition coefficient (Wildman–Crippen LogP) is 5.32. The molecule has 0 fully saturated rings. The first-order valence-corrected chi connectivity index (χ1v) is 7.63. The Morgan fingerprint density at radius 3 is 2.68 bits per heavy atom. The molecule has 1 heterocycles. The van der Waals surface area contributed by atoms with Gasteiger partial charge in [0.25, 0.3) is 0 Å². The molecule has 0 spiro atoms. The van der Waals surface area contributed by atoms with Crippen LogP contribution in [0, 0.1) is 0 Å². The molecule has 4 rings (SSSR count). The summed E-state index contributed by atoms with van der Waals surface area (Å²) in [5, 5.41) is 3.70. The number of hydrogen-bond acceptors (Lipinski definition) is 2. The third-order valence-electron chi connectivity index (χ3n) is 4.08. The lowest BCUT2D eigenvalue weighted by molar-refractivity contribution is 0.655. The van der Waals surface area contributed by atoms with E-state index >= 15 is 0 Å². The average molecular weight is 309 g/mol. The Bertz CT molecular complexity index is 1090.